The Bertz CT molecular complexity index is 1690. The average Bonchev–Trinajstić information content (AvgIpc) is 3.48. The van der Waals surface area contributed by atoms with E-state index in [9.17, 15) is 4.79 Å². The molecule has 44 heavy (non-hydrogen) atoms. The van der Waals surface area contributed by atoms with Crippen molar-refractivity contribution < 1.29 is 23.3 Å². The number of nitrogens with two attached hydrogens (primary N) is 1. The number of aldehydes is 1. The number of carbonyl (C=O) groups excluding carboxylic acids is 1. The van der Waals surface area contributed by atoms with Crippen LogP contribution in [0.25, 0.3) is 10.9 Å². The normalized spacial score (nSPS) is 13.9. The first kappa shape index (κ1) is 31.1. The van der Waals surface area contributed by atoms with Gasteiger partial charge in [-0.15, -0.1) is 0 Å². The first-order chi connectivity index (χ1) is 21.6. The number of nitriles is 1. The predicted octanol–water partition coefficient (Wildman–Crippen LogP) is 7.04. The molecule has 1 heterocycles. The van der Waals surface area contributed by atoms with Crippen LogP contribution < -0.4 is 10.2 Å². The van der Waals surface area contributed by atoms with Gasteiger partial charge in [-0.2, -0.15) is 5.26 Å². The van der Waals surface area contributed by atoms with Crippen LogP contribution in [0.1, 0.15) is 39.0 Å². The van der Waals surface area contributed by atoms with Gasteiger partial charge in [0.25, 0.3) is 8.53 Å². The van der Waals surface area contributed by atoms with Gasteiger partial charge in [-0.1, -0.05) is 84.9 Å². The third kappa shape index (κ3) is 7.06. The molecule has 4 aromatic carbocycles. The number of para-hydroxylation sites is 1. The minimum atomic E-state index is -1.78. The fourth-order valence-corrected chi connectivity index (χ4v) is 6.06. The summed E-state index contributed by atoms with van der Waals surface area (Å²) in [6, 6.07) is 35.3. The number of methoxy groups -OCH3 is 1. The molecule has 9 heteroatoms. The summed E-state index contributed by atoms with van der Waals surface area (Å²) in [5.74, 6) is 0.718. The van der Waals surface area contributed by atoms with E-state index in [1.165, 1.54) is 0 Å². The average molecular weight is 608 g/mol. The number of benzene rings is 4. The molecule has 5 aromatic rings. The fraction of sp³-hybridized carbons (Fsp3) is 0.200. The Morgan fingerprint density at radius 3 is 2.27 bits per heavy atom. The highest BCUT2D eigenvalue weighted by Crippen LogP contribution is 2.42. The molecule has 0 saturated heterocycles. The van der Waals surface area contributed by atoms with Crippen molar-refractivity contribution in [3.8, 4) is 11.8 Å². The predicted molar refractivity (Wildman–Crippen MR) is 171 cm³/mol. The molecule has 3 unspecified atom stereocenters. The van der Waals surface area contributed by atoms with Crippen LogP contribution in [0.2, 0.25) is 0 Å². The van der Waals surface area contributed by atoms with Gasteiger partial charge in [0.1, 0.15) is 17.6 Å². The van der Waals surface area contributed by atoms with E-state index in [0.717, 1.165) is 45.2 Å². The van der Waals surface area contributed by atoms with Gasteiger partial charge in [-0.3, -0.25) is 10.3 Å². The van der Waals surface area contributed by atoms with Crippen molar-refractivity contribution in [1.29, 1.82) is 5.26 Å². The molecule has 0 fully saturated rings. The zero-order valence-electron chi connectivity index (χ0n) is 24.4. The molecule has 0 spiro atoms. The first-order valence-corrected chi connectivity index (χ1v) is 15.5. The van der Waals surface area contributed by atoms with Crippen LogP contribution in [0.3, 0.4) is 0 Å². The number of nitrogens with one attached hydrogen (secondary N) is 1. The van der Waals surface area contributed by atoms with Crippen LogP contribution in [-0.2, 0) is 25.8 Å². The third-order valence-electron chi connectivity index (χ3n) is 7.42. The zero-order valence-corrected chi connectivity index (χ0v) is 25.3. The van der Waals surface area contributed by atoms with Gasteiger partial charge in [0.05, 0.1) is 38.9 Å². The smallest absolute Gasteiger partial charge is 0.253 e. The van der Waals surface area contributed by atoms with Crippen LogP contribution in [0.5, 0.6) is 5.75 Å². The Morgan fingerprint density at radius 2 is 1.59 bits per heavy atom. The third-order valence-corrected chi connectivity index (χ3v) is 8.37. The number of ether oxygens (including phenoxy) is 2. The number of aromatic nitrogens is 1. The van der Waals surface area contributed by atoms with Crippen molar-refractivity contribution in [1.82, 2.24) is 4.98 Å². The summed E-state index contributed by atoms with van der Waals surface area (Å²) in [6.07, 6.45) is 3.02. The summed E-state index contributed by atoms with van der Waals surface area (Å²) < 4.78 is 24.5. The molecule has 0 aliphatic heterocycles. The summed E-state index contributed by atoms with van der Waals surface area (Å²) in [6.45, 7) is 0.329. The largest absolute Gasteiger partial charge is 0.497 e. The maximum atomic E-state index is 11.5. The Balaban J connectivity index is 1.56. The molecule has 5 rings (SSSR count). The number of fused-ring (bicyclic) bond motifs is 1. The SMILES string of the molecule is COc1ccc(C(OCC(Cc2c[nH]c3ccccc23)OP(N)OCCC#N)(c2ccccc2)c2ccc(C=O)cc2)cc1. The highest BCUT2D eigenvalue weighted by Gasteiger charge is 2.39. The summed E-state index contributed by atoms with van der Waals surface area (Å²) in [5, 5.41) is 10.0. The van der Waals surface area contributed by atoms with Gasteiger partial charge >= 0.3 is 0 Å². The molecule has 0 saturated carbocycles. The number of H-pyrrole nitrogens is 1. The highest BCUT2D eigenvalue weighted by molar-refractivity contribution is 7.44. The molecule has 0 bridgehead atoms. The molecule has 0 aliphatic rings. The van der Waals surface area contributed by atoms with E-state index in [0.29, 0.717) is 12.0 Å². The lowest BCUT2D eigenvalue weighted by molar-refractivity contribution is -0.0307. The Kier molecular flexibility index (Phi) is 10.5. The van der Waals surface area contributed by atoms with E-state index in [1.54, 1.807) is 19.2 Å². The highest BCUT2D eigenvalue weighted by atomic mass is 31.2. The minimum absolute atomic E-state index is 0.146. The fourth-order valence-electron chi connectivity index (χ4n) is 5.29. The summed E-state index contributed by atoms with van der Waals surface area (Å²) in [5.41, 5.74) is 10.5. The zero-order chi connectivity index (χ0) is 30.8. The standard InChI is InChI=1S/C35H34N3O5P/c1-40-31-18-16-30(17-19-31)35(28-8-3-2-4-9-28,29-14-12-26(24-39)13-15-29)41-25-32(43-44(37)42-21-7-20-36)22-27-23-38-34-11-6-5-10-33(27)34/h2-6,8-19,23-24,32,38H,7,21-22,25,37H2,1H3. The molecule has 8 nitrogen and oxygen atoms in total. The second kappa shape index (κ2) is 14.9. The molecular formula is C35H34N3O5P. The quantitative estimate of drug-likeness (QED) is 0.0567. The van der Waals surface area contributed by atoms with Gasteiger partial charge in [-0.25, -0.2) is 0 Å². The Hall–Kier alpha value is -4.35. The van der Waals surface area contributed by atoms with Crippen molar-refractivity contribution in [3.63, 3.8) is 0 Å². The van der Waals surface area contributed by atoms with Crippen LogP contribution in [0.15, 0.2) is 109 Å². The minimum Gasteiger partial charge on any atom is -0.497 e. The van der Waals surface area contributed by atoms with Gasteiger partial charge in [0.2, 0.25) is 0 Å². The van der Waals surface area contributed by atoms with E-state index < -0.39 is 20.2 Å². The van der Waals surface area contributed by atoms with Gasteiger partial charge in [0.15, 0.2) is 0 Å². The van der Waals surface area contributed by atoms with Crippen molar-refractivity contribution in [2.45, 2.75) is 24.5 Å². The van der Waals surface area contributed by atoms with E-state index in [4.69, 9.17) is 29.3 Å². The molecule has 0 aliphatic carbocycles. The lowest BCUT2D eigenvalue weighted by Crippen LogP contribution is -2.37. The van der Waals surface area contributed by atoms with E-state index in [-0.39, 0.29) is 19.6 Å². The monoisotopic (exact) mass is 607 g/mol. The Morgan fingerprint density at radius 1 is 0.932 bits per heavy atom. The lowest BCUT2D eigenvalue weighted by Gasteiger charge is -2.37. The van der Waals surface area contributed by atoms with Crippen LogP contribution >= 0.6 is 8.53 Å². The lowest BCUT2D eigenvalue weighted by atomic mass is 9.79. The Labute approximate surface area is 258 Å². The topological polar surface area (TPSA) is 120 Å². The van der Waals surface area contributed by atoms with Crippen LogP contribution in [0, 0.1) is 11.3 Å². The summed E-state index contributed by atoms with van der Waals surface area (Å²) >= 11 is 0. The van der Waals surface area contributed by atoms with E-state index >= 15 is 0 Å². The van der Waals surface area contributed by atoms with Crippen molar-refractivity contribution in [2.75, 3.05) is 20.3 Å². The summed E-state index contributed by atoms with van der Waals surface area (Å²) in [4.78, 5) is 14.9. The van der Waals surface area contributed by atoms with Crippen molar-refractivity contribution in [2.24, 2.45) is 5.50 Å². The maximum Gasteiger partial charge on any atom is 0.253 e. The summed E-state index contributed by atoms with van der Waals surface area (Å²) in [7, 11) is -0.147. The van der Waals surface area contributed by atoms with Crippen molar-refractivity contribution in [3.05, 3.63) is 137 Å². The maximum absolute atomic E-state index is 11.5. The number of nitrogens with zero attached hydrogens (tertiary/aromatic N) is 1. The van der Waals surface area contributed by atoms with E-state index in [2.05, 4.69) is 17.1 Å². The number of carbonyl (C=O) groups is 1. The number of aromatic amines is 1. The molecule has 0 radical (unpaired) electrons. The molecule has 1 aromatic heterocycles. The van der Waals surface area contributed by atoms with Crippen LogP contribution in [0.4, 0.5) is 0 Å². The second-order valence-corrected chi connectivity index (χ2v) is 11.2. The van der Waals surface area contributed by atoms with Crippen molar-refractivity contribution >= 4 is 25.7 Å². The first-order valence-electron chi connectivity index (χ1n) is 14.2. The molecule has 0 amide bonds. The number of hydrogen-bond donors (Lipinski definition) is 2. The van der Waals surface area contributed by atoms with E-state index in [1.807, 2.05) is 91.1 Å². The second-order valence-electron chi connectivity index (χ2n) is 10.1. The molecule has 3 atom stereocenters. The van der Waals surface area contributed by atoms with Gasteiger partial charge in [0, 0.05) is 29.1 Å². The van der Waals surface area contributed by atoms with Gasteiger partial charge in [-0.05, 0) is 40.5 Å². The van der Waals surface area contributed by atoms with Crippen LogP contribution in [-0.4, -0.2) is 37.7 Å². The molecular weight excluding hydrogens is 573 g/mol. The number of rotatable bonds is 15. The van der Waals surface area contributed by atoms with Gasteiger partial charge < -0.3 is 23.5 Å². The molecule has 3 N–H and O–H groups in total. The number of hydrogen-bond acceptors (Lipinski definition) is 7. The molecule has 224 valence electrons.